The second-order valence-electron chi connectivity index (χ2n) is 6.48. The van der Waals surface area contributed by atoms with Gasteiger partial charge in [0.15, 0.2) is 16.8 Å². The molecule has 0 amide bonds. The number of hydrogen-bond donors (Lipinski definition) is 0. The average molecular weight is 350 g/mol. The molecule has 7 nitrogen and oxygen atoms in total. The summed E-state index contributed by atoms with van der Waals surface area (Å²) in [6, 6.07) is 6.40. The van der Waals surface area contributed by atoms with Crippen molar-refractivity contribution in [2.24, 2.45) is 0 Å². The third-order valence-corrected chi connectivity index (χ3v) is 4.74. The Labute approximate surface area is 147 Å². The van der Waals surface area contributed by atoms with Crippen molar-refractivity contribution in [1.82, 2.24) is 29.4 Å². The monoisotopic (exact) mass is 350 g/mol. The van der Waals surface area contributed by atoms with Gasteiger partial charge < -0.3 is 0 Å². The summed E-state index contributed by atoms with van der Waals surface area (Å²) in [6.45, 7) is 1.98. The molecule has 8 heteroatoms. The Morgan fingerprint density at radius 2 is 1.92 bits per heavy atom. The number of aryl methyl sites for hydroxylation is 1. The van der Waals surface area contributed by atoms with E-state index in [2.05, 4.69) is 20.3 Å². The normalized spacial score (nSPS) is 14.4. The van der Waals surface area contributed by atoms with Crippen LogP contribution in [-0.4, -0.2) is 29.4 Å². The summed E-state index contributed by atoms with van der Waals surface area (Å²) in [5, 5.41) is 13.0. The first-order chi connectivity index (χ1) is 12.7. The van der Waals surface area contributed by atoms with Crippen molar-refractivity contribution in [2.75, 3.05) is 0 Å². The fourth-order valence-corrected chi connectivity index (χ4v) is 3.25. The van der Waals surface area contributed by atoms with Crippen molar-refractivity contribution in [2.45, 2.75) is 32.2 Å². The van der Waals surface area contributed by atoms with Crippen LogP contribution in [0.15, 0.2) is 35.4 Å². The third-order valence-electron chi connectivity index (χ3n) is 4.74. The van der Waals surface area contributed by atoms with Gasteiger partial charge in [-0.3, -0.25) is 9.36 Å². The molecule has 0 unspecified atom stereocenters. The second-order valence-corrected chi connectivity index (χ2v) is 6.48. The summed E-state index contributed by atoms with van der Waals surface area (Å²) < 4.78 is 16.5. The summed E-state index contributed by atoms with van der Waals surface area (Å²) >= 11 is 0. The zero-order valence-corrected chi connectivity index (χ0v) is 14.1. The Hall–Kier alpha value is -3.16. The largest absolute Gasteiger partial charge is 0.294 e. The van der Waals surface area contributed by atoms with Gasteiger partial charge in [0.05, 0.1) is 11.3 Å². The summed E-state index contributed by atoms with van der Waals surface area (Å²) in [7, 11) is 0. The predicted octanol–water partition coefficient (Wildman–Crippen LogP) is 2.54. The Morgan fingerprint density at radius 3 is 2.62 bits per heavy atom. The van der Waals surface area contributed by atoms with Crippen LogP contribution in [0.4, 0.5) is 4.39 Å². The molecule has 5 rings (SSSR count). The molecule has 26 heavy (non-hydrogen) atoms. The molecule has 0 saturated heterocycles. The SMILES string of the molecule is CCc1nn2c(nnc3c(=O)n(C4CC4)cnc32)c1-c1ccc(F)cc1. The zero-order valence-electron chi connectivity index (χ0n) is 14.1. The molecular weight excluding hydrogens is 335 g/mol. The van der Waals surface area contributed by atoms with Crippen LogP contribution >= 0.6 is 0 Å². The minimum absolute atomic E-state index is 0.191. The van der Waals surface area contributed by atoms with Gasteiger partial charge in [0.25, 0.3) is 5.56 Å². The minimum Gasteiger partial charge on any atom is -0.294 e. The minimum atomic E-state index is -0.304. The highest BCUT2D eigenvalue weighted by Gasteiger charge is 2.26. The maximum absolute atomic E-state index is 13.3. The van der Waals surface area contributed by atoms with Crippen LogP contribution in [0.1, 0.15) is 31.5 Å². The molecule has 4 aromatic rings. The lowest BCUT2D eigenvalue weighted by Gasteiger charge is -2.04. The van der Waals surface area contributed by atoms with Crippen molar-refractivity contribution < 1.29 is 4.39 Å². The molecule has 1 saturated carbocycles. The van der Waals surface area contributed by atoms with Gasteiger partial charge in [0.1, 0.15) is 12.1 Å². The number of benzene rings is 1. The van der Waals surface area contributed by atoms with E-state index in [1.807, 2.05) is 6.92 Å². The molecule has 0 radical (unpaired) electrons. The van der Waals surface area contributed by atoms with Crippen molar-refractivity contribution in [3.05, 3.63) is 52.5 Å². The second kappa shape index (κ2) is 5.42. The molecule has 1 aliphatic carbocycles. The highest BCUT2D eigenvalue weighted by atomic mass is 19.1. The first kappa shape index (κ1) is 15.1. The van der Waals surface area contributed by atoms with E-state index < -0.39 is 0 Å². The molecule has 1 aliphatic rings. The number of hydrogen-bond acceptors (Lipinski definition) is 5. The molecule has 0 N–H and O–H groups in total. The Morgan fingerprint density at radius 1 is 1.15 bits per heavy atom. The van der Waals surface area contributed by atoms with Gasteiger partial charge in [-0.05, 0) is 37.0 Å². The van der Waals surface area contributed by atoms with E-state index in [0.717, 1.165) is 29.7 Å². The molecule has 1 aromatic carbocycles. The lowest BCUT2D eigenvalue weighted by Crippen LogP contribution is -2.22. The van der Waals surface area contributed by atoms with Crippen LogP contribution in [0, 0.1) is 5.82 Å². The quantitative estimate of drug-likeness (QED) is 0.567. The van der Waals surface area contributed by atoms with Crippen molar-refractivity contribution in [3.63, 3.8) is 0 Å². The predicted molar refractivity (Wildman–Crippen MR) is 93.4 cm³/mol. The highest BCUT2D eigenvalue weighted by molar-refractivity contribution is 5.83. The fraction of sp³-hybridized carbons (Fsp3) is 0.278. The maximum atomic E-state index is 13.3. The number of aromatic nitrogens is 6. The summed E-state index contributed by atoms with van der Waals surface area (Å²) in [4.78, 5) is 17.1. The number of halogens is 1. The van der Waals surface area contributed by atoms with Gasteiger partial charge in [0, 0.05) is 6.04 Å². The topological polar surface area (TPSA) is 78.0 Å². The van der Waals surface area contributed by atoms with E-state index >= 15 is 0 Å². The molecule has 0 spiro atoms. The van der Waals surface area contributed by atoms with Crippen LogP contribution in [0.2, 0.25) is 0 Å². The lowest BCUT2D eigenvalue weighted by atomic mass is 10.0. The van der Waals surface area contributed by atoms with Gasteiger partial charge in [-0.1, -0.05) is 19.1 Å². The summed E-state index contributed by atoms with van der Waals surface area (Å²) in [6.07, 6.45) is 4.20. The molecular formula is C18H15FN6O. The molecule has 0 aliphatic heterocycles. The van der Waals surface area contributed by atoms with Crippen LogP contribution < -0.4 is 5.56 Å². The van der Waals surface area contributed by atoms with Gasteiger partial charge >= 0.3 is 0 Å². The van der Waals surface area contributed by atoms with Crippen molar-refractivity contribution in [3.8, 4) is 11.1 Å². The maximum Gasteiger partial charge on any atom is 0.283 e. The van der Waals surface area contributed by atoms with Crippen LogP contribution in [-0.2, 0) is 6.42 Å². The van der Waals surface area contributed by atoms with E-state index in [9.17, 15) is 9.18 Å². The Bertz CT molecular complexity index is 1210. The molecule has 0 bridgehead atoms. The lowest BCUT2D eigenvalue weighted by molar-refractivity contribution is 0.628. The molecule has 130 valence electrons. The first-order valence-corrected chi connectivity index (χ1v) is 8.58. The summed E-state index contributed by atoms with van der Waals surface area (Å²) in [5.74, 6) is -0.304. The van der Waals surface area contributed by atoms with E-state index in [1.165, 1.54) is 12.1 Å². The Kier molecular flexibility index (Phi) is 3.15. The van der Waals surface area contributed by atoms with Gasteiger partial charge in [-0.2, -0.15) is 9.61 Å². The Balaban J connectivity index is 1.81. The molecule has 3 heterocycles. The highest BCUT2D eigenvalue weighted by Crippen LogP contribution is 2.33. The summed E-state index contributed by atoms with van der Waals surface area (Å²) in [5.41, 5.74) is 3.31. The number of nitrogens with zero attached hydrogens (tertiary/aromatic N) is 6. The smallest absolute Gasteiger partial charge is 0.283 e. The van der Waals surface area contributed by atoms with Crippen molar-refractivity contribution in [1.29, 1.82) is 0 Å². The average Bonchev–Trinajstić information content (AvgIpc) is 3.42. The van der Waals surface area contributed by atoms with Crippen LogP contribution in [0.3, 0.4) is 0 Å². The van der Waals surface area contributed by atoms with E-state index in [0.29, 0.717) is 17.7 Å². The number of fused-ring (bicyclic) bond motifs is 3. The van der Waals surface area contributed by atoms with Crippen molar-refractivity contribution >= 4 is 16.8 Å². The van der Waals surface area contributed by atoms with E-state index in [4.69, 9.17) is 0 Å². The molecule has 1 fully saturated rings. The fourth-order valence-electron chi connectivity index (χ4n) is 3.25. The first-order valence-electron chi connectivity index (χ1n) is 8.58. The van der Waals surface area contributed by atoms with Gasteiger partial charge in [0.2, 0.25) is 0 Å². The van der Waals surface area contributed by atoms with Crippen LogP contribution in [0.5, 0.6) is 0 Å². The molecule has 0 atom stereocenters. The molecule has 3 aromatic heterocycles. The zero-order chi connectivity index (χ0) is 17.8. The third kappa shape index (κ3) is 2.15. The van der Waals surface area contributed by atoms with E-state index in [-0.39, 0.29) is 22.9 Å². The standard InChI is InChI=1S/C18H15FN6O/c1-2-13-14(10-3-5-11(19)6-4-10)16-22-21-15-17(25(16)23-13)20-9-24(18(15)26)12-7-8-12/h3-6,9,12H,2,7-8H2,1H3. The van der Waals surface area contributed by atoms with Gasteiger partial charge in [-0.25, -0.2) is 9.37 Å². The van der Waals surface area contributed by atoms with E-state index in [1.54, 1.807) is 27.5 Å². The number of rotatable bonds is 3. The van der Waals surface area contributed by atoms with Gasteiger partial charge in [-0.15, -0.1) is 10.2 Å². The van der Waals surface area contributed by atoms with Crippen LogP contribution in [0.25, 0.3) is 27.9 Å².